The molecule has 0 fully saturated rings. The van der Waals surface area contributed by atoms with Crippen molar-refractivity contribution in [3.05, 3.63) is 35.4 Å². The summed E-state index contributed by atoms with van der Waals surface area (Å²) in [5, 5.41) is 12.3. The van der Waals surface area contributed by atoms with Crippen LogP contribution >= 0.6 is 0 Å². The molecule has 4 heteroatoms. The van der Waals surface area contributed by atoms with E-state index in [4.69, 9.17) is 14.6 Å². The minimum atomic E-state index is 0.174. The average Bonchev–Trinajstić information content (AvgIpc) is 2.38. The Bertz CT molecular complexity index is 307. The Morgan fingerprint density at radius 3 is 2.33 bits per heavy atom. The molecule has 0 amide bonds. The van der Waals surface area contributed by atoms with Gasteiger partial charge in [0.1, 0.15) is 0 Å². The number of rotatable bonds is 9. The summed E-state index contributed by atoms with van der Waals surface area (Å²) in [4.78, 5) is 0. The lowest BCUT2D eigenvalue weighted by atomic mass is 10.1. The van der Waals surface area contributed by atoms with E-state index in [0.717, 1.165) is 6.54 Å². The standard InChI is InChI=1S/C14H23NO3/c1-17-10-13-5-3-12(4-6-13)9-15-14(7-8-16)11-18-2/h3-6,14-16H,7-11H2,1-2H3. The number of aliphatic hydroxyl groups is 1. The van der Waals surface area contributed by atoms with Gasteiger partial charge in [0.15, 0.2) is 0 Å². The maximum atomic E-state index is 8.95. The second-order valence-corrected chi connectivity index (χ2v) is 4.29. The van der Waals surface area contributed by atoms with Gasteiger partial charge in [-0.25, -0.2) is 0 Å². The second-order valence-electron chi connectivity index (χ2n) is 4.29. The van der Waals surface area contributed by atoms with Crippen molar-refractivity contribution in [1.29, 1.82) is 0 Å². The van der Waals surface area contributed by atoms with Gasteiger partial charge in [-0.05, 0) is 17.5 Å². The van der Waals surface area contributed by atoms with Crippen LogP contribution in [0, 0.1) is 0 Å². The van der Waals surface area contributed by atoms with Crippen molar-refractivity contribution in [3.8, 4) is 0 Å². The first-order valence-corrected chi connectivity index (χ1v) is 6.20. The van der Waals surface area contributed by atoms with Crippen molar-refractivity contribution < 1.29 is 14.6 Å². The molecule has 0 radical (unpaired) electrons. The van der Waals surface area contributed by atoms with Gasteiger partial charge in [0.25, 0.3) is 0 Å². The lowest BCUT2D eigenvalue weighted by Gasteiger charge is -2.16. The Hall–Kier alpha value is -0.940. The first kappa shape index (κ1) is 15.1. The number of ether oxygens (including phenoxy) is 2. The molecule has 1 rings (SSSR count). The molecule has 1 aromatic carbocycles. The summed E-state index contributed by atoms with van der Waals surface area (Å²) < 4.78 is 10.2. The highest BCUT2D eigenvalue weighted by molar-refractivity contribution is 5.21. The fraction of sp³-hybridized carbons (Fsp3) is 0.571. The first-order valence-electron chi connectivity index (χ1n) is 6.20. The highest BCUT2D eigenvalue weighted by atomic mass is 16.5. The summed E-state index contributed by atoms with van der Waals surface area (Å²) in [6.45, 7) is 2.21. The average molecular weight is 253 g/mol. The van der Waals surface area contributed by atoms with Crippen LogP contribution in [0.25, 0.3) is 0 Å². The highest BCUT2D eigenvalue weighted by Crippen LogP contribution is 2.06. The Kier molecular flexibility index (Phi) is 7.60. The van der Waals surface area contributed by atoms with E-state index in [1.54, 1.807) is 14.2 Å². The molecule has 1 atom stereocenters. The second kappa shape index (κ2) is 9.05. The number of aliphatic hydroxyl groups excluding tert-OH is 1. The quantitative estimate of drug-likeness (QED) is 0.697. The van der Waals surface area contributed by atoms with E-state index in [1.807, 2.05) is 0 Å². The van der Waals surface area contributed by atoms with Gasteiger partial charge in [-0.3, -0.25) is 0 Å². The Balaban J connectivity index is 2.41. The van der Waals surface area contributed by atoms with Gasteiger partial charge >= 0.3 is 0 Å². The van der Waals surface area contributed by atoms with Crippen molar-refractivity contribution in [3.63, 3.8) is 0 Å². The van der Waals surface area contributed by atoms with Gasteiger partial charge in [0.05, 0.1) is 13.2 Å². The molecule has 0 saturated carbocycles. The van der Waals surface area contributed by atoms with Crippen molar-refractivity contribution in [2.24, 2.45) is 0 Å². The van der Waals surface area contributed by atoms with Crippen molar-refractivity contribution in [2.75, 3.05) is 27.4 Å². The third kappa shape index (κ3) is 5.60. The largest absolute Gasteiger partial charge is 0.396 e. The van der Waals surface area contributed by atoms with E-state index in [1.165, 1.54) is 11.1 Å². The van der Waals surface area contributed by atoms with Crippen LogP contribution in [0.1, 0.15) is 17.5 Å². The Morgan fingerprint density at radius 2 is 1.78 bits per heavy atom. The van der Waals surface area contributed by atoms with E-state index >= 15 is 0 Å². The Morgan fingerprint density at radius 1 is 1.11 bits per heavy atom. The summed E-state index contributed by atoms with van der Waals surface area (Å²) in [7, 11) is 3.37. The van der Waals surface area contributed by atoms with Crippen LogP contribution in [-0.2, 0) is 22.6 Å². The van der Waals surface area contributed by atoms with E-state index in [2.05, 4.69) is 29.6 Å². The molecule has 0 spiro atoms. The predicted molar refractivity (Wildman–Crippen MR) is 71.4 cm³/mol. The number of benzene rings is 1. The molecule has 0 bridgehead atoms. The molecule has 2 N–H and O–H groups in total. The molecule has 1 unspecified atom stereocenters. The maximum Gasteiger partial charge on any atom is 0.0713 e. The number of hydrogen-bond acceptors (Lipinski definition) is 4. The van der Waals surface area contributed by atoms with E-state index < -0.39 is 0 Å². The fourth-order valence-electron chi connectivity index (χ4n) is 1.78. The molecule has 18 heavy (non-hydrogen) atoms. The molecule has 0 heterocycles. The van der Waals surface area contributed by atoms with Gasteiger partial charge in [-0.2, -0.15) is 0 Å². The number of hydrogen-bond donors (Lipinski definition) is 2. The smallest absolute Gasteiger partial charge is 0.0713 e. The van der Waals surface area contributed by atoms with Gasteiger partial charge in [0, 0.05) is 33.4 Å². The summed E-state index contributed by atoms with van der Waals surface area (Å²) >= 11 is 0. The van der Waals surface area contributed by atoms with Crippen LogP contribution in [0.15, 0.2) is 24.3 Å². The van der Waals surface area contributed by atoms with Crippen molar-refractivity contribution >= 4 is 0 Å². The van der Waals surface area contributed by atoms with Gasteiger partial charge in [-0.15, -0.1) is 0 Å². The highest BCUT2D eigenvalue weighted by Gasteiger charge is 2.06. The molecular weight excluding hydrogens is 230 g/mol. The monoisotopic (exact) mass is 253 g/mol. The zero-order chi connectivity index (χ0) is 13.2. The van der Waals surface area contributed by atoms with E-state index in [-0.39, 0.29) is 12.6 Å². The Labute approximate surface area is 109 Å². The normalized spacial score (nSPS) is 12.6. The van der Waals surface area contributed by atoms with Crippen LogP contribution in [-0.4, -0.2) is 38.6 Å². The minimum Gasteiger partial charge on any atom is -0.396 e. The third-order valence-electron chi connectivity index (χ3n) is 2.77. The SMILES string of the molecule is COCc1ccc(CNC(CCO)COC)cc1. The molecule has 0 aliphatic rings. The van der Waals surface area contributed by atoms with Crippen LogP contribution in [0.4, 0.5) is 0 Å². The zero-order valence-electron chi connectivity index (χ0n) is 11.2. The molecule has 102 valence electrons. The van der Waals surface area contributed by atoms with Gasteiger partial charge < -0.3 is 19.9 Å². The van der Waals surface area contributed by atoms with Crippen molar-refractivity contribution in [1.82, 2.24) is 5.32 Å². The van der Waals surface area contributed by atoms with Crippen LogP contribution in [0.3, 0.4) is 0 Å². The minimum absolute atomic E-state index is 0.174. The molecule has 0 aliphatic carbocycles. The van der Waals surface area contributed by atoms with Gasteiger partial charge in [0.2, 0.25) is 0 Å². The summed E-state index contributed by atoms with van der Waals surface area (Å²) in [5.41, 5.74) is 2.39. The number of methoxy groups -OCH3 is 2. The zero-order valence-corrected chi connectivity index (χ0v) is 11.2. The fourth-order valence-corrected chi connectivity index (χ4v) is 1.78. The van der Waals surface area contributed by atoms with E-state index in [9.17, 15) is 0 Å². The number of nitrogens with one attached hydrogen (secondary N) is 1. The lowest BCUT2D eigenvalue weighted by molar-refractivity contribution is 0.148. The maximum absolute atomic E-state index is 8.95. The molecule has 4 nitrogen and oxygen atoms in total. The molecule has 1 aromatic rings. The molecule has 0 aliphatic heterocycles. The summed E-state index contributed by atoms with van der Waals surface area (Å²) in [6.07, 6.45) is 0.704. The summed E-state index contributed by atoms with van der Waals surface area (Å²) in [6, 6.07) is 8.50. The first-order chi connectivity index (χ1) is 8.80. The van der Waals surface area contributed by atoms with Crippen LogP contribution in [0.5, 0.6) is 0 Å². The predicted octanol–water partition coefficient (Wildman–Crippen LogP) is 1.32. The van der Waals surface area contributed by atoms with Crippen molar-refractivity contribution in [2.45, 2.75) is 25.6 Å². The summed E-state index contributed by atoms with van der Waals surface area (Å²) in [5.74, 6) is 0. The van der Waals surface area contributed by atoms with Crippen LogP contribution < -0.4 is 5.32 Å². The topological polar surface area (TPSA) is 50.7 Å². The molecular formula is C14H23NO3. The molecule has 0 saturated heterocycles. The molecule has 0 aromatic heterocycles. The van der Waals surface area contributed by atoms with E-state index in [0.29, 0.717) is 19.6 Å². The lowest BCUT2D eigenvalue weighted by Crippen LogP contribution is -2.33. The third-order valence-corrected chi connectivity index (χ3v) is 2.77. The van der Waals surface area contributed by atoms with Crippen LogP contribution in [0.2, 0.25) is 0 Å². The van der Waals surface area contributed by atoms with Gasteiger partial charge in [-0.1, -0.05) is 24.3 Å².